The Bertz CT molecular complexity index is 797. The van der Waals surface area contributed by atoms with E-state index in [2.05, 4.69) is 24.4 Å². The van der Waals surface area contributed by atoms with E-state index in [-0.39, 0.29) is 12.3 Å². The third-order valence-electron chi connectivity index (χ3n) is 4.03. The molecule has 0 aromatic heterocycles. The van der Waals surface area contributed by atoms with Crippen molar-refractivity contribution in [2.75, 3.05) is 20.3 Å². The molecule has 0 aliphatic carbocycles. The van der Waals surface area contributed by atoms with E-state index in [0.29, 0.717) is 31.3 Å². The van der Waals surface area contributed by atoms with Gasteiger partial charge >= 0.3 is 0 Å². The van der Waals surface area contributed by atoms with Gasteiger partial charge in [0.15, 0.2) is 11.5 Å². The van der Waals surface area contributed by atoms with E-state index >= 15 is 0 Å². The highest BCUT2D eigenvalue weighted by Crippen LogP contribution is 2.28. The molecule has 148 valence electrons. The van der Waals surface area contributed by atoms with Gasteiger partial charge in [-0.05, 0) is 41.8 Å². The molecule has 0 spiro atoms. The van der Waals surface area contributed by atoms with Crippen molar-refractivity contribution in [2.45, 2.75) is 32.7 Å². The van der Waals surface area contributed by atoms with E-state index in [1.165, 1.54) is 5.56 Å². The molecule has 0 fully saturated rings. The van der Waals surface area contributed by atoms with Crippen LogP contribution in [-0.4, -0.2) is 26.2 Å². The van der Waals surface area contributed by atoms with Gasteiger partial charge in [0.1, 0.15) is 25.4 Å². The summed E-state index contributed by atoms with van der Waals surface area (Å²) in [4.78, 5) is 11.4. The summed E-state index contributed by atoms with van der Waals surface area (Å²) in [6.45, 7) is 3.24. The third-order valence-corrected chi connectivity index (χ3v) is 4.03. The van der Waals surface area contributed by atoms with Gasteiger partial charge < -0.3 is 19.5 Å². The summed E-state index contributed by atoms with van der Waals surface area (Å²) in [7, 11) is 1.57. The van der Waals surface area contributed by atoms with Crippen LogP contribution in [0.5, 0.6) is 17.2 Å². The molecular formula is C22H26N2O4. The van der Waals surface area contributed by atoms with Crippen molar-refractivity contribution in [1.82, 2.24) is 5.32 Å². The van der Waals surface area contributed by atoms with Crippen LogP contribution in [0.1, 0.15) is 30.9 Å². The second-order valence-electron chi connectivity index (χ2n) is 6.19. The number of hydrogen-bond donors (Lipinski definition) is 1. The fourth-order valence-corrected chi connectivity index (χ4v) is 2.63. The Morgan fingerprint density at radius 2 is 1.75 bits per heavy atom. The van der Waals surface area contributed by atoms with E-state index in [1.807, 2.05) is 30.3 Å². The highest BCUT2D eigenvalue weighted by Gasteiger charge is 2.07. The molecule has 2 rings (SSSR count). The summed E-state index contributed by atoms with van der Waals surface area (Å²) in [6.07, 6.45) is 2.03. The molecule has 0 aliphatic heterocycles. The van der Waals surface area contributed by atoms with Gasteiger partial charge in [0, 0.05) is 6.54 Å². The average molecular weight is 382 g/mol. The molecule has 0 atom stereocenters. The summed E-state index contributed by atoms with van der Waals surface area (Å²) in [5.74, 6) is 1.69. The average Bonchev–Trinajstić information content (AvgIpc) is 2.71. The Morgan fingerprint density at radius 3 is 2.43 bits per heavy atom. The Morgan fingerprint density at radius 1 is 1.04 bits per heavy atom. The first-order valence-corrected chi connectivity index (χ1v) is 9.31. The molecule has 28 heavy (non-hydrogen) atoms. The topological polar surface area (TPSA) is 80.6 Å². The van der Waals surface area contributed by atoms with Crippen LogP contribution < -0.4 is 19.5 Å². The monoisotopic (exact) mass is 382 g/mol. The number of aryl methyl sites for hydroxylation is 1. The summed E-state index contributed by atoms with van der Waals surface area (Å²) in [5.41, 5.74) is 2.16. The number of hydrogen-bond acceptors (Lipinski definition) is 5. The minimum absolute atomic E-state index is 0.156. The van der Waals surface area contributed by atoms with E-state index in [9.17, 15) is 4.79 Å². The molecule has 2 aromatic rings. The molecular weight excluding hydrogens is 356 g/mol. The number of ether oxygens (including phenoxy) is 3. The standard InChI is InChI=1S/C22H26N2O4/c1-3-4-17-5-8-19(9-6-17)27-13-14-28-21-15-18(7-10-20(21)26-2)16-24-22(25)11-12-23/h5-10,15H,3-4,11,13-14,16H2,1-2H3,(H,24,25). The first-order valence-electron chi connectivity index (χ1n) is 9.31. The fraction of sp³-hybridized carbons (Fsp3) is 0.364. The van der Waals surface area contributed by atoms with Gasteiger partial charge in [0.05, 0.1) is 13.2 Å². The van der Waals surface area contributed by atoms with Crippen molar-refractivity contribution < 1.29 is 19.0 Å². The van der Waals surface area contributed by atoms with Crippen molar-refractivity contribution in [3.8, 4) is 23.3 Å². The van der Waals surface area contributed by atoms with Gasteiger partial charge in [-0.25, -0.2) is 0 Å². The number of carbonyl (C=O) groups is 1. The molecule has 0 heterocycles. The molecule has 0 saturated carbocycles. The number of carbonyl (C=O) groups excluding carboxylic acids is 1. The highest BCUT2D eigenvalue weighted by atomic mass is 16.5. The van der Waals surface area contributed by atoms with E-state index < -0.39 is 0 Å². The lowest BCUT2D eigenvalue weighted by Gasteiger charge is -2.13. The Labute approximate surface area is 166 Å². The molecule has 1 N–H and O–H groups in total. The molecule has 0 bridgehead atoms. The van der Waals surface area contributed by atoms with Gasteiger partial charge in [-0.3, -0.25) is 4.79 Å². The molecule has 6 heteroatoms. The molecule has 0 unspecified atom stereocenters. The minimum Gasteiger partial charge on any atom is -0.493 e. The van der Waals surface area contributed by atoms with E-state index in [1.54, 1.807) is 13.2 Å². The number of benzene rings is 2. The minimum atomic E-state index is -0.306. The number of methoxy groups -OCH3 is 1. The van der Waals surface area contributed by atoms with Crippen molar-refractivity contribution in [1.29, 1.82) is 5.26 Å². The van der Waals surface area contributed by atoms with Crippen molar-refractivity contribution in [2.24, 2.45) is 0 Å². The summed E-state index contributed by atoms with van der Waals surface area (Å²) < 4.78 is 16.8. The zero-order chi connectivity index (χ0) is 20.2. The molecule has 1 amide bonds. The van der Waals surface area contributed by atoms with Gasteiger partial charge in [0.25, 0.3) is 0 Å². The van der Waals surface area contributed by atoms with E-state index in [4.69, 9.17) is 19.5 Å². The molecule has 0 radical (unpaired) electrons. The van der Waals surface area contributed by atoms with Crippen LogP contribution in [0.3, 0.4) is 0 Å². The van der Waals surface area contributed by atoms with Gasteiger partial charge in [-0.2, -0.15) is 5.26 Å². The third kappa shape index (κ3) is 6.84. The second kappa shape index (κ2) is 11.5. The first kappa shape index (κ1) is 21.1. The maximum atomic E-state index is 11.4. The second-order valence-corrected chi connectivity index (χ2v) is 6.19. The Hall–Kier alpha value is -3.20. The van der Waals surface area contributed by atoms with Crippen molar-refractivity contribution >= 4 is 5.91 Å². The Balaban J connectivity index is 1.85. The van der Waals surface area contributed by atoms with Gasteiger partial charge in [-0.15, -0.1) is 0 Å². The lowest BCUT2D eigenvalue weighted by Crippen LogP contribution is -2.21. The quantitative estimate of drug-likeness (QED) is 0.600. The molecule has 0 aliphatic rings. The van der Waals surface area contributed by atoms with Crippen LogP contribution in [0.25, 0.3) is 0 Å². The van der Waals surface area contributed by atoms with Crippen LogP contribution in [-0.2, 0) is 17.8 Å². The van der Waals surface area contributed by atoms with Crippen LogP contribution in [0.2, 0.25) is 0 Å². The lowest BCUT2D eigenvalue weighted by atomic mass is 10.1. The van der Waals surface area contributed by atoms with Crippen molar-refractivity contribution in [3.05, 3.63) is 53.6 Å². The fourth-order valence-electron chi connectivity index (χ4n) is 2.63. The summed E-state index contributed by atoms with van der Waals surface area (Å²) >= 11 is 0. The number of nitriles is 1. The highest BCUT2D eigenvalue weighted by molar-refractivity contribution is 5.77. The largest absolute Gasteiger partial charge is 0.493 e. The van der Waals surface area contributed by atoms with Gasteiger partial charge in [-0.1, -0.05) is 31.5 Å². The maximum Gasteiger partial charge on any atom is 0.234 e. The number of nitrogens with one attached hydrogen (secondary N) is 1. The van der Waals surface area contributed by atoms with Gasteiger partial charge in [0.2, 0.25) is 5.91 Å². The smallest absolute Gasteiger partial charge is 0.234 e. The predicted molar refractivity (Wildman–Crippen MR) is 106 cm³/mol. The zero-order valence-electron chi connectivity index (χ0n) is 16.4. The maximum absolute atomic E-state index is 11.4. The van der Waals surface area contributed by atoms with Crippen LogP contribution in [0.15, 0.2) is 42.5 Å². The predicted octanol–water partition coefficient (Wildman–Crippen LogP) is 3.64. The number of amides is 1. The first-order chi connectivity index (χ1) is 13.7. The normalized spacial score (nSPS) is 10.0. The molecule has 2 aromatic carbocycles. The van der Waals surface area contributed by atoms with Crippen molar-refractivity contribution in [3.63, 3.8) is 0 Å². The lowest BCUT2D eigenvalue weighted by molar-refractivity contribution is -0.120. The van der Waals surface area contributed by atoms with Crippen LogP contribution in [0.4, 0.5) is 0 Å². The summed E-state index contributed by atoms with van der Waals surface area (Å²) in [6, 6.07) is 15.3. The van der Waals surface area contributed by atoms with E-state index in [0.717, 1.165) is 24.2 Å². The molecule has 6 nitrogen and oxygen atoms in total. The summed E-state index contributed by atoms with van der Waals surface area (Å²) in [5, 5.41) is 11.2. The zero-order valence-corrected chi connectivity index (χ0v) is 16.4. The number of nitrogens with zero attached hydrogens (tertiary/aromatic N) is 1. The molecule has 0 saturated heterocycles. The van der Waals surface area contributed by atoms with Crippen LogP contribution in [0, 0.1) is 11.3 Å². The van der Waals surface area contributed by atoms with Crippen LogP contribution >= 0.6 is 0 Å². The SMILES string of the molecule is CCCc1ccc(OCCOc2cc(CNC(=O)CC#N)ccc2OC)cc1. The number of rotatable bonds is 11. The Kier molecular flexibility index (Phi) is 8.67.